The van der Waals surface area contributed by atoms with E-state index in [1.165, 1.54) is 13.0 Å². The number of hydrogen-bond donors (Lipinski definition) is 3. The monoisotopic (exact) mass is 323 g/mol. The van der Waals surface area contributed by atoms with E-state index < -0.39 is 44.4 Å². The van der Waals surface area contributed by atoms with Crippen LogP contribution in [-0.4, -0.2) is 51.8 Å². The maximum absolute atomic E-state index is 12.0. The third-order valence-electron chi connectivity index (χ3n) is 2.70. The summed E-state index contributed by atoms with van der Waals surface area (Å²) in [4.78, 5) is -0.508. The van der Waals surface area contributed by atoms with E-state index in [9.17, 15) is 16.8 Å². The topological polar surface area (TPSA) is 135 Å². The fourth-order valence-corrected chi connectivity index (χ4v) is 4.31. The van der Waals surface area contributed by atoms with Crippen LogP contribution in [0, 0.1) is 6.92 Å². The largest absolute Gasteiger partial charge is 0.398 e. The molecule has 0 aliphatic rings. The molecule has 1 aromatic rings. The van der Waals surface area contributed by atoms with Crippen molar-refractivity contribution in [2.75, 3.05) is 30.5 Å². The highest BCUT2D eigenvalue weighted by Gasteiger charge is 2.24. The van der Waals surface area contributed by atoms with Gasteiger partial charge in [0.05, 0.1) is 40.2 Å². The van der Waals surface area contributed by atoms with Crippen molar-refractivity contribution in [1.82, 2.24) is 0 Å². The van der Waals surface area contributed by atoms with E-state index in [1.807, 2.05) is 0 Å². The number of hydrogen-bond acceptors (Lipinski definition) is 7. The minimum Gasteiger partial charge on any atom is -0.398 e. The molecular weight excluding hydrogens is 306 g/mol. The predicted molar refractivity (Wildman–Crippen MR) is 73.9 cm³/mol. The summed E-state index contributed by atoms with van der Waals surface area (Å²) >= 11 is 0. The number of benzene rings is 1. The van der Waals surface area contributed by atoms with Crippen LogP contribution in [0.1, 0.15) is 5.56 Å². The molecule has 0 radical (unpaired) electrons. The Balaban J connectivity index is 3.53. The minimum absolute atomic E-state index is 0.0705. The van der Waals surface area contributed by atoms with Gasteiger partial charge in [-0.1, -0.05) is 0 Å². The van der Waals surface area contributed by atoms with E-state index in [4.69, 9.17) is 15.9 Å². The van der Waals surface area contributed by atoms with Gasteiger partial charge in [-0.3, -0.25) is 0 Å². The molecule has 1 aromatic carbocycles. The van der Waals surface area contributed by atoms with E-state index in [0.29, 0.717) is 5.56 Å². The first-order valence-corrected chi connectivity index (χ1v) is 9.03. The van der Waals surface area contributed by atoms with E-state index in [0.717, 1.165) is 6.07 Å². The summed E-state index contributed by atoms with van der Waals surface area (Å²) in [5.41, 5.74) is 5.85. The summed E-state index contributed by atoms with van der Waals surface area (Å²) < 4.78 is 47.7. The van der Waals surface area contributed by atoms with Crippen LogP contribution in [-0.2, 0) is 19.7 Å². The Morgan fingerprint density at radius 3 is 1.85 bits per heavy atom. The molecule has 0 bridgehead atoms. The van der Waals surface area contributed by atoms with Crippen LogP contribution >= 0.6 is 0 Å². The van der Waals surface area contributed by atoms with Crippen LogP contribution in [0.5, 0.6) is 0 Å². The summed E-state index contributed by atoms with van der Waals surface area (Å²) in [6, 6.07) is 2.25. The molecule has 0 amide bonds. The second-order valence-electron chi connectivity index (χ2n) is 4.24. The molecular formula is C11H17NO6S2. The second-order valence-corrected chi connectivity index (χ2v) is 8.40. The number of aryl methyl sites for hydroxylation is 1. The van der Waals surface area contributed by atoms with Crippen molar-refractivity contribution >= 4 is 25.4 Å². The molecule has 7 nitrogen and oxygen atoms in total. The van der Waals surface area contributed by atoms with Crippen molar-refractivity contribution in [3.8, 4) is 0 Å². The Hall–Kier alpha value is -1.16. The molecule has 114 valence electrons. The first-order chi connectivity index (χ1) is 9.15. The predicted octanol–water partition coefficient (Wildman–Crippen LogP) is -0.891. The van der Waals surface area contributed by atoms with Crippen LogP contribution in [0.2, 0.25) is 0 Å². The number of aliphatic hydroxyl groups is 2. The lowest BCUT2D eigenvalue weighted by atomic mass is 10.2. The number of aliphatic hydroxyl groups excluding tert-OH is 2. The standard InChI is InChI=1S/C11H17NO6S2/c1-8-6-9(12)11(20(17,18)5-3-14)7-10(8)19(15,16)4-2-13/h6-7,13-14H,2-5,12H2,1H3. The number of nitrogen functional groups attached to an aromatic ring is 1. The van der Waals surface area contributed by atoms with Gasteiger partial charge in [0, 0.05) is 0 Å². The summed E-state index contributed by atoms with van der Waals surface area (Å²) in [6.07, 6.45) is 0. The van der Waals surface area contributed by atoms with E-state index in [-0.39, 0.29) is 15.5 Å². The number of anilines is 1. The Labute approximate surface area is 117 Å². The van der Waals surface area contributed by atoms with E-state index in [1.54, 1.807) is 0 Å². The SMILES string of the molecule is Cc1cc(N)c(S(=O)(=O)CCO)cc1S(=O)(=O)CCO. The van der Waals surface area contributed by atoms with Crippen molar-refractivity contribution < 1.29 is 27.0 Å². The van der Waals surface area contributed by atoms with Gasteiger partial charge in [0.2, 0.25) is 0 Å². The molecule has 0 unspecified atom stereocenters. The number of rotatable bonds is 6. The first-order valence-electron chi connectivity index (χ1n) is 5.73. The Kier molecular flexibility index (Phi) is 5.14. The molecule has 0 atom stereocenters. The van der Waals surface area contributed by atoms with Crippen LogP contribution in [0.25, 0.3) is 0 Å². The van der Waals surface area contributed by atoms with Gasteiger partial charge in [-0.15, -0.1) is 0 Å². The zero-order valence-electron chi connectivity index (χ0n) is 10.9. The normalized spacial score (nSPS) is 12.6. The fraction of sp³-hybridized carbons (Fsp3) is 0.455. The zero-order chi connectivity index (χ0) is 15.6. The van der Waals surface area contributed by atoms with E-state index >= 15 is 0 Å². The van der Waals surface area contributed by atoms with Crippen LogP contribution in [0.15, 0.2) is 21.9 Å². The van der Waals surface area contributed by atoms with Gasteiger partial charge in [0.1, 0.15) is 0 Å². The van der Waals surface area contributed by atoms with Gasteiger partial charge in [0.15, 0.2) is 19.7 Å². The lowest BCUT2D eigenvalue weighted by Gasteiger charge is -2.12. The molecule has 1 rings (SSSR count). The van der Waals surface area contributed by atoms with Crippen LogP contribution in [0.3, 0.4) is 0 Å². The summed E-state index contributed by atoms with van der Waals surface area (Å²) in [5, 5.41) is 17.5. The van der Waals surface area contributed by atoms with Gasteiger partial charge in [-0.05, 0) is 24.6 Å². The molecule has 0 saturated carbocycles. The lowest BCUT2D eigenvalue weighted by molar-refractivity contribution is 0.319. The van der Waals surface area contributed by atoms with Gasteiger partial charge in [0.25, 0.3) is 0 Å². The molecule has 0 fully saturated rings. The average Bonchev–Trinajstić information content (AvgIpc) is 2.27. The Bertz CT molecular complexity index is 637. The Morgan fingerprint density at radius 1 is 0.950 bits per heavy atom. The highest BCUT2D eigenvalue weighted by molar-refractivity contribution is 7.92. The van der Waals surface area contributed by atoms with Crippen molar-refractivity contribution in [3.05, 3.63) is 17.7 Å². The van der Waals surface area contributed by atoms with Gasteiger partial charge in [-0.25, -0.2) is 16.8 Å². The Morgan fingerprint density at radius 2 is 1.40 bits per heavy atom. The molecule has 0 aliphatic heterocycles. The van der Waals surface area contributed by atoms with Gasteiger partial charge < -0.3 is 15.9 Å². The number of nitrogens with two attached hydrogens (primary N) is 1. The smallest absolute Gasteiger partial charge is 0.182 e. The quantitative estimate of drug-likeness (QED) is 0.578. The molecule has 0 spiro atoms. The molecule has 9 heteroatoms. The molecule has 20 heavy (non-hydrogen) atoms. The summed E-state index contributed by atoms with van der Waals surface area (Å²) in [7, 11) is -7.65. The maximum Gasteiger partial charge on any atom is 0.182 e. The molecule has 0 heterocycles. The minimum atomic E-state index is -3.86. The van der Waals surface area contributed by atoms with Gasteiger partial charge >= 0.3 is 0 Å². The molecule has 4 N–H and O–H groups in total. The third kappa shape index (κ3) is 3.48. The zero-order valence-corrected chi connectivity index (χ0v) is 12.5. The summed E-state index contributed by atoms with van der Waals surface area (Å²) in [6.45, 7) is 0.336. The van der Waals surface area contributed by atoms with Crippen molar-refractivity contribution in [2.45, 2.75) is 16.7 Å². The fourth-order valence-electron chi connectivity index (χ4n) is 1.76. The average molecular weight is 323 g/mol. The van der Waals surface area contributed by atoms with Crippen molar-refractivity contribution in [1.29, 1.82) is 0 Å². The number of sulfone groups is 2. The maximum atomic E-state index is 12.0. The molecule has 0 aromatic heterocycles. The molecule has 0 aliphatic carbocycles. The van der Waals surface area contributed by atoms with Crippen molar-refractivity contribution in [2.24, 2.45) is 0 Å². The highest BCUT2D eigenvalue weighted by Crippen LogP contribution is 2.27. The second kappa shape index (κ2) is 6.08. The lowest BCUT2D eigenvalue weighted by Crippen LogP contribution is -2.16. The highest BCUT2D eigenvalue weighted by atomic mass is 32.2. The molecule has 0 saturated heterocycles. The van der Waals surface area contributed by atoms with Crippen LogP contribution in [0.4, 0.5) is 5.69 Å². The summed E-state index contributed by atoms with van der Waals surface area (Å²) in [5.74, 6) is -1.04. The third-order valence-corrected chi connectivity index (χ3v) is 6.27. The first kappa shape index (κ1) is 16.9. The van der Waals surface area contributed by atoms with Crippen molar-refractivity contribution in [3.63, 3.8) is 0 Å². The van der Waals surface area contributed by atoms with E-state index in [2.05, 4.69) is 0 Å². The van der Waals surface area contributed by atoms with Gasteiger partial charge in [-0.2, -0.15) is 0 Å². The van der Waals surface area contributed by atoms with Crippen LogP contribution < -0.4 is 5.73 Å².